The molecule has 0 aromatic carbocycles. The number of aliphatic imine (C=N–C) groups is 2. The average Bonchev–Trinajstić information content (AvgIpc) is 3.93. The molecule has 0 bridgehead atoms. The second-order valence-electron chi connectivity index (χ2n) is 16.0. The highest BCUT2D eigenvalue weighted by Crippen LogP contribution is 1.93. The van der Waals surface area contributed by atoms with E-state index in [0.717, 1.165) is 54.9 Å². The molecule has 5 heterocycles. The Balaban J connectivity index is -0.000000119. The van der Waals surface area contributed by atoms with E-state index >= 15 is 0 Å². The zero-order valence-electron chi connectivity index (χ0n) is 39.0. The van der Waals surface area contributed by atoms with Crippen LogP contribution in [0.25, 0.3) is 0 Å². The van der Waals surface area contributed by atoms with Gasteiger partial charge in [0, 0.05) is 37.4 Å². The molecular weight excluding hydrogens is 691 g/mol. The van der Waals surface area contributed by atoms with Crippen LogP contribution in [0.4, 0.5) is 0 Å². The molecule has 0 unspecified atom stereocenters. The largest absolute Gasteiger partial charge is 0.473 e. The molecule has 0 N–H and O–H groups in total. The number of hydrogen-bond acceptors (Lipinski definition) is 5. The fraction of sp³-hybridized carbons (Fsp3) is 0.540. The molecule has 316 valence electrons. The Morgan fingerprint density at radius 2 is 0.873 bits per heavy atom. The molecule has 3 aromatic rings. The van der Waals surface area contributed by atoms with Gasteiger partial charge >= 0.3 is 0 Å². The fourth-order valence-electron chi connectivity index (χ4n) is 1.77. The van der Waals surface area contributed by atoms with E-state index in [2.05, 4.69) is 168 Å². The third-order valence-electron chi connectivity index (χ3n) is 3.15. The fourth-order valence-corrected chi connectivity index (χ4v) is 2.22. The number of aromatic nitrogens is 1. The quantitative estimate of drug-likeness (QED) is 0.228. The van der Waals surface area contributed by atoms with Gasteiger partial charge in [-0.25, -0.2) is 0 Å². The monoisotopic (exact) mass is 780 g/mol. The van der Waals surface area contributed by atoms with Crippen molar-refractivity contribution < 1.29 is 4.42 Å². The molecule has 0 amide bonds. The summed E-state index contributed by atoms with van der Waals surface area (Å²) >= 11 is 1.71. The van der Waals surface area contributed by atoms with Gasteiger partial charge in [-0.3, -0.25) is 15.0 Å². The van der Waals surface area contributed by atoms with Crippen LogP contribution in [0.5, 0.6) is 0 Å². The van der Waals surface area contributed by atoms with E-state index in [9.17, 15) is 0 Å². The molecule has 0 saturated heterocycles. The molecule has 1 aliphatic carbocycles. The highest BCUT2D eigenvalue weighted by Gasteiger charge is 1.74. The van der Waals surface area contributed by atoms with Crippen LogP contribution >= 0.6 is 11.3 Å². The second-order valence-corrected chi connectivity index (χ2v) is 16.8. The van der Waals surface area contributed by atoms with Crippen molar-refractivity contribution in [3.8, 4) is 0 Å². The minimum atomic E-state index is 0.833. The number of thiophene rings is 1. The first-order chi connectivity index (χ1) is 25.9. The van der Waals surface area contributed by atoms with Crippen molar-refractivity contribution in [3.63, 3.8) is 0 Å². The smallest absolute Gasteiger partial charge is 0.0902 e. The molecule has 5 heteroatoms. The Labute approximate surface area is 348 Å². The molecule has 0 fully saturated rings. The average molecular weight is 780 g/mol. The molecule has 0 atom stereocenters. The first-order valence-electron chi connectivity index (χ1n) is 20.3. The minimum absolute atomic E-state index is 0.833. The second kappa shape index (κ2) is 59.7. The van der Waals surface area contributed by atoms with Crippen LogP contribution in [-0.2, 0) is 0 Å². The van der Waals surface area contributed by atoms with E-state index in [1.807, 2.05) is 77.7 Å². The lowest BCUT2D eigenvalue weighted by Crippen LogP contribution is -1.66. The maximum Gasteiger partial charge on any atom is 0.0902 e. The standard InChI is InChI=1S/C5H5N.C5H6.2C4H5N.C4H4O.C4H4S.6C4H10/c1-2-4-6-5-3-1;5*1-2-4-5-3-1;6*1-4(2)3/h1-5H;1-4H,5H2;1,3-4H,2H2;1-3H,4H2;2*1-4H;6*4H,1-3H3. The Hall–Kier alpha value is -3.57. The van der Waals surface area contributed by atoms with Crippen molar-refractivity contribution in [2.75, 3.05) is 6.54 Å². The normalized spacial score (nSPS) is 11.1. The third kappa shape index (κ3) is 157. The molecule has 2 aliphatic heterocycles. The third-order valence-corrected chi connectivity index (χ3v) is 3.78. The van der Waals surface area contributed by atoms with Gasteiger partial charge in [-0.05, 0) is 83.0 Å². The molecule has 3 aliphatic rings. The van der Waals surface area contributed by atoms with Gasteiger partial charge in [-0.15, -0.1) is 0 Å². The topological polar surface area (TPSA) is 50.8 Å². The Morgan fingerprint density at radius 1 is 0.455 bits per heavy atom. The SMILES string of the molecule is C1=CCC=C1.C1=CCN=C1.C1=CN=CC1.CC(C)C.CC(C)C.CC(C)C.CC(C)C.CC(C)C.CC(C)C.c1ccncc1.c1ccoc1.c1ccsc1. The minimum Gasteiger partial charge on any atom is -0.473 e. The molecular formula is C50H89N3OS. The zero-order chi connectivity index (χ0) is 43.4. The van der Waals surface area contributed by atoms with Gasteiger partial charge in [-0.2, -0.15) is 11.3 Å². The lowest BCUT2D eigenvalue weighted by Gasteiger charge is -1.79. The zero-order valence-corrected chi connectivity index (χ0v) is 39.8. The number of nitrogens with zero attached hydrogens (tertiary/aromatic N) is 3. The molecule has 0 radical (unpaired) electrons. The Morgan fingerprint density at radius 3 is 0.982 bits per heavy atom. The first kappa shape index (κ1) is 63.4. The summed E-state index contributed by atoms with van der Waals surface area (Å²) in [4.78, 5) is 11.4. The summed E-state index contributed by atoms with van der Waals surface area (Å²) in [6.45, 7) is 39.9. The van der Waals surface area contributed by atoms with Crippen molar-refractivity contribution in [3.05, 3.63) is 127 Å². The van der Waals surface area contributed by atoms with Gasteiger partial charge in [0.25, 0.3) is 0 Å². The molecule has 4 nitrogen and oxygen atoms in total. The lowest BCUT2D eigenvalue weighted by molar-refractivity contribution is 0.567. The van der Waals surface area contributed by atoms with Crippen molar-refractivity contribution in [1.82, 2.24) is 4.98 Å². The van der Waals surface area contributed by atoms with Crippen molar-refractivity contribution in [1.29, 1.82) is 0 Å². The number of furan rings is 1. The van der Waals surface area contributed by atoms with E-state index < -0.39 is 0 Å². The van der Waals surface area contributed by atoms with Crippen LogP contribution in [0.2, 0.25) is 0 Å². The van der Waals surface area contributed by atoms with Crippen LogP contribution in [0.15, 0.2) is 141 Å². The maximum absolute atomic E-state index is 4.58. The van der Waals surface area contributed by atoms with Crippen LogP contribution in [0.3, 0.4) is 0 Å². The lowest BCUT2D eigenvalue weighted by atomic mass is 10.3. The predicted molar refractivity (Wildman–Crippen MR) is 258 cm³/mol. The van der Waals surface area contributed by atoms with Gasteiger partial charge in [0.1, 0.15) is 0 Å². The van der Waals surface area contributed by atoms with Gasteiger partial charge in [0.15, 0.2) is 0 Å². The Kier molecular flexibility index (Phi) is 68.8. The van der Waals surface area contributed by atoms with Crippen molar-refractivity contribution in [2.24, 2.45) is 45.5 Å². The highest BCUT2D eigenvalue weighted by molar-refractivity contribution is 7.07. The highest BCUT2D eigenvalue weighted by atomic mass is 32.1. The summed E-state index contributed by atoms with van der Waals surface area (Å²) in [5.41, 5.74) is 0. The molecule has 0 spiro atoms. The molecule has 3 aromatic heterocycles. The Bertz CT molecular complexity index is 904. The number of pyridine rings is 1. The summed E-state index contributed by atoms with van der Waals surface area (Å²) in [5.74, 6) is 5.00. The number of allylic oxidation sites excluding steroid dienone is 6. The van der Waals surface area contributed by atoms with Crippen LogP contribution in [0, 0.1) is 35.5 Å². The van der Waals surface area contributed by atoms with E-state index in [-0.39, 0.29) is 0 Å². The first-order valence-corrected chi connectivity index (χ1v) is 21.3. The predicted octanol–water partition coefficient (Wildman–Crippen LogP) is 17.2. The van der Waals surface area contributed by atoms with Crippen molar-refractivity contribution >= 4 is 23.8 Å². The summed E-state index contributed by atoms with van der Waals surface area (Å²) < 4.78 is 4.58. The number of hydrogen-bond donors (Lipinski definition) is 0. The molecule has 55 heavy (non-hydrogen) atoms. The van der Waals surface area contributed by atoms with E-state index in [4.69, 9.17) is 0 Å². The van der Waals surface area contributed by atoms with Crippen LogP contribution in [-0.4, -0.2) is 24.0 Å². The van der Waals surface area contributed by atoms with Crippen molar-refractivity contribution in [2.45, 2.75) is 137 Å². The summed E-state index contributed by atoms with van der Waals surface area (Å²) in [7, 11) is 0. The van der Waals surface area contributed by atoms with Crippen LogP contribution in [0.1, 0.15) is 137 Å². The number of rotatable bonds is 0. The van der Waals surface area contributed by atoms with Gasteiger partial charge < -0.3 is 4.42 Å². The van der Waals surface area contributed by atoms with E-state index in [0.29, 0.717) is 0 Å². The summed E-state index contributed by atoms with van der Waals surface area (Å²) in [5, 5.41) is 4.08. The van der Waals surface area contributed by atoms with E-state index in [1.165, 1.54) is 0 Å². The van der Waals surface area contributed by atoms with Crippen LogP contribution < -0.4 is 0 Å². The summed E-state index contributed by atoms with van der Waals surface area (Å²) in [6.07, 6.45) is 28.7. The van der Waals surface area contributed by atoms with E-state index in [1.54, 1.807) is 48.7 Å². The van der Waals surface area contributed by atoms with Gasteiger partial charge in [0.05, 0.1) is 19.1 Å². The van der Waals surface area contributed by atoms with Gasteiger partial charge in [0.2, 0.25) is 0 Å². The molecule has 6 rings (SSSR count). The van der Waals surface area contributed by atoms with Gasteiger partial charge in [-0.1, -0.05) is 179 Å². The molecule has 0 saturated carbocycles. The maximum atomic E-state index is 4.58. The summed E-state index contributed by atoms with van der Waals surface area (Å²) in [6, 6.07) is 13.4.